The van der Waals surface area contributed by atoms with Crippen molar-refractivity contribution in [3.05, 3.63) is 46.1 Å². The zero-order valence-corrected chi connectivity index (χ0v) is 16.9. The normalized spacial score (nSPS) is 11.0. The van der Waals surface area contributed by atoms with Crippen LogP contribution < -0.4 is 5.32 Å². The maximum absolute atomic E-state index is 12.4. The van der Waals surface area contributed by atoms with E-state index in [9.17, 15) is 14.7 Å². The molecule has 1 aromatic carbocycles. The second-order valence-electron chi connectivity index (χ2n) is 6.91. The largest absolute Gasteiger partial charge is 0.478 e. The van der Waals surface area contributed by atoms with Gasteiger partial charge in [0.1, 0.15) is 21.9 Å². The van der Waals surface area contributed by atoms with Gasteiger partial charge in [0.25, 0.3) is 0 Å². The molecule has 146 valence electrons. The molecule has 3 aromatic rings. The molecule has 2 aromatic heterocycles. The zero-order valence-electron chi connectivity index (χ0n) is 16.1. The van der Waals surface area contributed by atoms with E-state index < -0.39 is 5.97 Å². The average molecular weight is 399 g/mol. The topological polar surface area (TPSA) is 101 Å². The van der Waals surface area contributed by atoms with E-state index in [0.717, 1.165) is 16.5 Å². The molecule has 0 unspecified atom stereocenters. The van der Waals surface area contributed by atoms with Gasteiger partial charge in [0.05, 0.1) is 17.6 Å². The Bertz CT molecular complexity index is 1060. The van der Waals surface area contributed by atoms with E-state index in [0.29, 0.717) is 27.8 Å². The Kier molecular flexibility index (Phi) is 5.60. The average Bonchev–Trinajstić information content (AvgIpc) is 2.99. The van der Waals surface area contributed by atoms with Crippen molar-refractivity contribution in [2.75, 3.05) is 11.9 Å². The molecule has 0 atom stereocenters. The van der Waals surface area contributed by atoms with Crippen LogP contribution in [-0.2, 0) is 4.74 Å². The van der Waals surface area contributed by atoms with Gasteiger partial charge >= 0.3 is 11.9 Å². The number of aryl methyl sites for hydroxylation is 2. The van der Waals surface area contributed by atoms with Crippen molar-refractivity contribution in [3.8, 4) is 0 Å². The number of nitrogens with zero attached hydrogens (tertiary/aromatic N) is 2. The third-order valence-corrected chi connectivity index (χ3v) is 5.38. The highest BCUT2D eigenvalue weighted by atomic mass is 32.1. The van der Waals surface area contributed by atoms with Crippen LogP contribution in [0.4, 0.5) is 11.5 Å². The maximum Gasteiger partial charge on any atom is 0.348 e. The Morgan fingerprint density at radius 1 is 1.25 bits per heavy atom. The van der Waals surface area contributed by atoms with Gasteiger partial charge in [0.2, 0.25) is 0 Å². The summed E-state index contributed by atoms with van der Waals surface area (Å²) in [4.78, 5) is 33.5. The molecule has 2 heterocycles. The summed E-state index contributed by atoms with van der Waals surface area (Å²) < 4.78 is 5.36. The van der Waals surface area contributed by atoms with Crippen LogP contribution in [0.2, 0.25) is 0 Å². The molecule has 0 saturated heterocycles. The van der Waals surface area contributed by atoms with E-state index in [1.165, 1.54) is 17.7 Å². The highest BCUT2D eigenvalue weighted by Crippen LogP contribution is 2.35. The first-order chi connectivity index (χ1) is 13.3. The van der Waals surface area contributed by atoms with Crippen molar-refractivity contribution in [2.24, 2.45) is 5.92 Å². The number of carboxylic acid groups (broad SMARTS) is 1. The number of aromatic carboxylic acids is 1. The van der Waals surface area contributed by atoms with Crippen LogP contribution in [0.1, 0.15) is 45.0 Å². The van der Waals surface area contributed by atoms with Gasteiger partial charge in [-0.15, -0.1) is 11.3 Å². The van der Waals surface area contributed by atoms with Crippen molar-refractivity contribution < 1.29 is 19.4 Å². The molecule has 0 aliphatic carbocycles. The van der Waals surface area contributed by atoms with E-state index in [2.05, 4.69) is 15.3 Å². The van der Waals surface area contributed by atoms with Crippen molar-refractivity contribution in [3.63, 3.8) is 0 Å². The number of carboxylic acids is 1. The second kappa shape index (κ2) is 7.93. The van der Waals surface area contributed by atoms with Crippen molar-refractivity contribution in [2.45, 2.75) is 27.7 Å². The number of nitrogens with one attached hydrogen (secondary N) is 1. The van der Waals surface area contributed by atoms with Gasteiger partial charge < -0.3 is 15.2 Å². The highest BCUT2D eigenvalue weighted by Gasteiger charge is 2.21. The molecule has 0 aliphatic heterocycles. The number of ether oxygens (including phenoxy) is 1. The predicted octanol–water partition coefficient (Wildman–Crippen LogP) is 4.56. The SMILES string of the molecule is Cc1ccc(C(=O)O)cc1Nc1ncnc2sc(C(=O)OCC(C)C)c(C)c12. The number of carbonyl (C=O) groups excluding carboxylic acids is 1. The Morgan fingerprint density at radius 2 is 2.00 bits per heavy atom. The Balaban J connectivity index is 2.00. The molecule has 0 aliphatic rings. The van der Waals surface area contributed by atoms with Crippen molar-refractivity contribution in [1.82, 2.24) is 9.97 Å². The third-order valence-electron chi connectivity index (χ3n) is 4.20. The number of fused-ring (bicyclic) bond motifs is 1. The van der Waals surface area contributed by atoms with E-state index in [1.807, 2.05) is 27.7 Å². The van der Waals surface area contributed by atoms with Gasteiger partial charge in [-0.1, -0.05) is 19.9 Å². The van der Waals surface area contributed by atoms with E-state index in [4.69, 9.17) is 4.74 Å². The summed E-state index contributed by atoms with van der Waals surface area (Å²) >= 11 is 1.26. The Labute approximate surface area is 166 Å². The minimum absolute atomic E-state index is 0.179. The van der Waals surface area contributed by atoms with Crippen molar-refractivity contribution >= 4 is 45.0 Å². The number of anilines is 2. The summed E-state index contributed by atoms with van der Waals surface area (Å²) in [7, 11) is 0. The summed E-state index contributed by atoms with van der Waals surface area (Å²) in [5, 5.41) is 13.2. The first kappa shape index (κ1) is 19.8. The van der Waals surface area contributed by atoms with Gasteiger partial charge in [-0.2, -0.15) is 0 Å². The molecule has 0 bridgehead atoms. The molecule has 0 radical (unpaired) electrons. The van der Waals surface area contributed by atoms with E-state index >= 15 is 0 Å². The number of carbonyl (C=O) groups is 2. The van der Waals surface area contributed by atoms with Crippen LogP contribution in [0.3, 0.4) is 0 Å². The van der Waals surface area contributed by atoms with Crippen LogP contribution in [0.15, 0.2) is 24.5 Å². The van der Waals surface area contributed by atoms with Crippen molar-refractivity contribution in [1.29, 1.82) is 0 Å². The van der Waals surface area contributed by atoms with Gasteiger partial charge in [0.15, 0.2) is 0 Å². The molecule has 0 spiro atoms. The van der Waals surface area contributed by atoms with Gasteiger partial charge in [-0.05, 0) is 43.0 Å². The highest BCUT2D eigenvalue weighted by molar-refractivity contribution is 7.20. The number of aromatic nitrogens is 2. The second-order valence-corrected chi connectivity index (χ2v) is 7.91. The molecular weight excluding hydrogens is 378 g/mol. The lowest BCUT2D eigenvalue weighted by Crippen LogP contribution is -2.09. The number of benzene rings is 1. The summed E-state index contributed by atoms with van der Waals surface area (Å²) in [6.07, 6.45) is 1.42. The first-order valence-electron chi connectivity index (χ1n) is 8.80. The molecule has 3 rings (SSSR count). The number of esters is 1. The minimum Gasteiger partial charge on any atom is -0.478 e. The van der Waals surface area contributed by atoms with Crippen LogP contribution in [0, 0.1) is 19.8 Å². The number of hydrogen-bond acceptors (Lipinski definition) is 7. The molecule has 0 fully saturated rings. The standard InChI is InChI=1S/C20H21N3O4S/c1-10(2)8-27-20(26)16-12(4)15-17(21-9-22-18(15)28-16)23-14-7-13(19(24)25)6-5-11(14)3/h5-7,9-10H,8H2,1-4H3,(H,24,25)(H,21,22,23). The summed E-state index contributed by atoms with van der Waals surface area (Å²) in [5.41, 5.74) is 2.43. The smallest absolute Gasteiger partial charge is 0.348 e. The fraction of sp³-hybridized carbons (Fsp3) is 0.300. The molecule has 8 heteroatoms. The summed E-state index contributed by atoms with van der Waals surface area (Å²) in [5.74, 6) is -0.602. The number of hydrogen-bond donors (Lipinski definition) is 2. The lowest BCUT2D eigenvalue weighted by Gasteiger charge is -2.11. The molecule has 0 saturated carbocycles. The predicted molar refractivity (Wildman–Crippen MR) is 109 cm³/mol. The Morgan fingerprint density at radius 3 is 2.68 bits per heavy atom. The van der Waals surface area contributed by atoms with Crippen LogP contribution in [0.25, 0.3) is 10.2 Å². The summed E-state index contributed by atoms with van der Waals surface area (Å²) in [6.45, 7) is 8.02. The van der Waals surface area contributed by atoms with Crippen LogP contribution in [0.5, 0.6) is 0 Å². The number of rotatable bonds is 6. The fourth-order valence-corrected chi connectivity index (χ4v) is 3.73. The van der Waals surface area contributed by atoms with Gasteiger partial charge in [0, 0.05) is 5.69 Å². The Hall–Kier alpha value is -3.00. The minimum atomic E-state index is -1.00. The zero-order chi connectivity index (χ0) is 20.4. The molecule has 2 N–H and O–H groups in total. The lowest BCUT2D eigenvalue weighted by molar-refractivity contribution is 0.0463. The first-order valence-corrected chi connectivity index (χ1v) is 9.61. The monoisotopic (exact) mass is 399 g/mol. The lowest BCUT2D eigenvalue weighted by atomic mass is 10.1. The summed E-state index contributed by atoms with van der Waals surface area (Å²) in [6, 6.07) is 4.85. The quantitative estimate of drug-likeness (QED) is 0.586. The fourth-order valence-electron chi connectivity index (χ4n) is 2.69. The molecule has 0 amide bonds. The van der Waals surface area contributed by atoms with E-state index in [1.54, 1.807) is 18.2 Å². The van der Waals surface area contributed by atoms with Gasteiger partial charge in [-0.3, -0.25) is 0 Å². The molecule has 7 nitrogen and oxygen atoms in total. The van der Waals surface area contributed by atoms with Crippen LogP contribution >= 0.6 is 11.3 Å². The van der Waals surface area contributed by atoms with Crippen LogP contribution in [-0.4, -0.2) is 33.6 Å². The van der Waals surface area contributed by atoms with Gasteiger partial charge in [-0.25, -0.2) is 19.6 Å². The third kappa shape index (κ3) is 3.96. The molecule has 28 heavy (non-hydrogen) atoms. The maximum atomic E-state index is 12.4. The molecular formula is C20H21N3O4S. The number of thiophene rings is 1. The van der Waals surface area contributed by atoms with E-state index in [-0.39, 0.29) is 17.5 Å².